The van der Waals surface area contributed by atoms with E-state index in [1.165, 1.54) is 5.56 Å². The highest BCUT2D eigenvalue weighted by Gasteiger charge is 2.20. The molecular weight excluding hydrogens is 252 g/mol. The third-order valence-corrected chi connectivity index (χ3v) is 4.39. The average molecular weight is 271 g/mol. The van der Waals surface area contributed by atoms with Crippen LogP contribution in [0.1, 0.15) is 32.8 Å². The summed E-state index contributed by atoms with van der Waals surface area (Å²) in [6, 6.07) is 7.46. The second-order valence-electron chi connectivity index (χ2n) is 5.04. The molecule has 1 aromatic rings. The predicted molar refractivity (Wildman–Crippen MR) is 68.6 cm³/mol. The maximum absolute atomic E-state index is 9.15. The van der Waals surface area contributed by atoms with Crippen molar-refractivity contribution in [2.24, 2.45) is 5.41 Å². The minimum atomic E-state index is 0.302. The fourth-order valence-corrected chi connectivity index (χ4v) is 1.62. The van der Waals surface area contributed by atoms with E-state index in [2.05, 4.69) is 36.7 Å². The fraction of sp³-hybridized carbons (Fsp3) is 0.538. The Hall–Kier alpha value is -0.500. The van der Waals surface area contributed by atoms with E-state index in [0.717, 1.165) is 12.8 Å². The lowest BCUT2D eigenvalue weighted by molar-refractivity contribution is 0.385. The maximum atomic E-state index is 9.15. The maximum Gasteiger partial charge on any atom is 0.115 e. The van der Waals surface area contributed by atoms with Crippen molar-refractivity contribution in [2.75, 3.05) is 0 Å². The quantitative estimate of drug-likeness (QED) is 0.819. The first kappa shape index (κ1) is 12.6. The standard InChI is InChI=1S/C13H19BrO/c1-13(2,3)12(14)9-6-10-4-7-11(15)8-5-10/h4-5,7-8,12,15H,6,9H2,1-3H3. The lowest BCUT2D eigenvalue weighted by Gasteiger charge is -2.25. The van der Waals surface area contributed by atoms with Crippen LogP contribution in [0.5, 0.6) is 5.75 Å². The average Bonchev–Trinajstić information content (AvgIpc) is 2.15. The number of benzene rings is 1. The molecule has 1 aromatic carbocycles. The smallest absolute Gasteiger partial charge is 0.115 e. The zero-order chi connectivity index (χ0) is 11.5. The molecule has 0 saturated carbocycles. The van der Waals surface area contributed by atoms with Gasteiger partial charge < -0.3 is 5.11 Å². The highest BCUT2D eigenvalue weighted by Crippen LogP contribution is 2.29. The molecule has 1 unspecified atom stereocenters. The summed E-state index contributed by atoms with van der Waals surface area (Å²) in [6.07, 6.45) is 2.17. The van der Waals surface area contributed by atoms with Gasteiger partial charge >= 0.3 is 0 Å². The van der Waals surface area contributed by atoms with Gasteiger partial charge in [0.1, 0.15) is 5.75 Å². The van der Waals surface area contributed by atoms with Crippen LogP contribution >= 0.6 is 15.9 Å². The number of hydrogen-bond donors (Lipinski definition) is 1. The van der Waals surface area contributed by atoms with Crippen molar-refractivity contribution in [2.45, 2.75) is 38.4 Å². The van der Waals surface area contributed by atoms with Gasteiger partial charge in [0.2, 0.25) is 0 Å². The van der Waals surface area contributed by atoms with Gasteiger partial charge in [0.25, 0.3) is 0 Å². The third kappa shape index (κ3) is 4.25. The van der Waals surface area contributed by atoms with Gasteiger partial charge in [-0.2, -0.15) is 0 Å². The number of phenolic OH excluding ortho intramolecular Hbond substituents is 1. The molecule has 0 spiro atoms. The molecule has 0 saturated heterocycles. The number of alkyl halides is 1. The molecule has 0 aliphatic rings. The molecule has 0 aromatic heterocycles. The van der Waals surface area contributed by atoms with Crippen molar-refractivity contribution in [1.82, 2.24) is 0 Å². The molecule has 0 radical (unpaired) electrons. The van der Waals surface area contributed by atoms with Crippen molar-refractivity contribution in [3.8, 4) is 5.75 Å². The van der Waals surface area contributed by atoms with E-state index in [-0.39, 0.29) is 0 Å². The third-order valence-electron chi connectivity index (χ3n) is 2.56. The van der Waals surface area contributed by atoms with Gasteiger partial charge in [0, 0.05) is 4.83 Å². The van der Waals surface area contributed by atoms with E-state index < -0.39 is 0 Å². The Bertz CT molecular complexity index is 297. The summed E-state index contributed by atoms with van der Waals surface area (Å²) in [5.41, 5.74) is 1.58. The summed E-state index contributed by atoms with van der Waals surface area (Å²) in [4.78, 5) is 0.527. The Morgan fingerprint density at radius 3 is 2.20 bits per heavy atom. The van der Waals surface area contributed by atoms with E-state index in [9.17, 15) is 0 Å². The SMILES string of the molecule is CC(C)(C)C(Br)CCc1ccc(O)cc1. The van der Waals surface area contributed by atoms with E-state index in [0.29, 0.717) is 16.0 Å². The Labute approximate surface area is 101 Å². The van der Waals surface area contributed by atoms with Crippen molar-refractivity contribution in [1.29, 1.82) is 0 Å². The molecule has 0 amide bonds. The zero-order valence-electron chi connectivity index (χ0n) is 9.63. The summed E-state index contributed by atoms with van der Waals surface area (Å²) < 4.78 is 0. The van der Waals surface area contributed by atoms with Crippen molar-refractivity contribution >= 4 is 15.9 Å². The summed E-state index contributed by atoms with van der Waals surface area (Å²) >= 11 is 3.72. The number of phenols is 1. The predicted octanol–water partition coefficient (Wildman–Crippen LogP) is 4.13. The van der Waals surface area contributed by atoms with Gasteiger partial charge in [-0.3, -0.25) is 0 Å². The lowest BCUT2D eigenvalue weighted by Crippen LogP contribution is -2.20. The van der Waals surface area contributed by atoms with Crippen LogP contribution in [0.3, 0.4) is 0 Å². The van der Waals surface area contributed by atoms with E-state index in [4.69, 9.17) is 5.11 Å². The minimum absolute atomic E-state index is 0.302. The van der Waals surface area contributed by atoms with Gasteiger partial charge in [-0.1, -0.05) is 48.8 Å². The molecule has 0 heterocycles. The van der Waals surface area contributed by atoms with Crippen molar-refractivity contribution in [3.05, 3.63) is 29.8 Å². The van der Waals surface area contributed by atoms with Gasteiger partial charge in [0.15, 0.2) is 0 Å². The van der Waals surface area contributed by atoms with Crippen LogP contribution in [-0.4, -0.2) is 9.93 Å². The monoisotopic (exact) mass is 270 g/mol. The molecule has 1 N–H and O–H groups in total. The van der Waals surface area contributed by atoms with Crippen LogP contribution in [0, 0.1) is 5.41 Å². The molecule has 1 rings (SSSR count). The van der Waals surface area contributed by atoms with Gasteiger partial charge in [0.05, 0.1) is 0 Å². The van der Waals surface area contributed by atoms with Crippen LogP contribution in [0.15, 0.2) is 24.3 Å². The fourth-order valence-electron chi connectivity index (χ4n) is 1.39. The molecule has 84 valence electrons. The first-order valence-electron chi connectivity index (χ1n) is 5.31. The first-order valence-corrected chi connectivity index (χ1v) is 6.23. The van der Waals surface area contributed by atoms with E-state index >= 15 is 0 Å². The van der Waals surface area contributed by atoms with Gasteiger partial charge in [-0.25, -0.2) is 0 Å². The summed E-state index contributed by atoms with van der Waals surface area (Å²) in [7, 11) is 0. The minimum Gasteiger partial charge on any atom is -0.508 e. The molecule has 0 aliphatic carbocycles. The Morgan fingerprint density at radius 2 is 1.73 bits per heavy atom. The number of aromatic hydroxyl groups is 1. The molecule has 0 aliphatic heterocycles. The van der Waals surface area contributed by atoms with Crippen LogP contribution in [0.25, 0.3) is 0 Å². The first-order chi connectivity index (χ1) is 6.89. The van der Waals surface area contributed by atoms with Crippen LogP contribution < -0.4 is 0 Å². The lowest BCUT2D eigenvalue weighted by atomic mass is 9.89. The van der Waals surface area contributed by atoms with Crippen LogP contribution in [0.2, 0.25) is 0 Å². The van der Waals surface area contributed by atoms with Crippen LogP contribution in [-0.2, 0) is 6.42 Å². The normalized spacial score (nSPS) is 13.9. The molecule has 1 atom stereocenters. The summed E-state index contributed by atoms with van der Waals surface area (Å²) in [5.74, 6) is 0.338. The second kappa shape index (κ2) is 5.02. The Kier molecular flexibility index (Phi) is 4.21. The van der Waals surface area contributed by atoms with E-state index in [1.54, 1.807) is 12.1 Å². The van der Waals surface area contributed by atoms with Crippen molar-refractivity contribution in [3.63, 3.8) is 0 Å². The highest BCUT2D eigenvalue weighted by atomic mass is 79.9. The molecule has 15 heavy (non-hydrogen) atoms. The molecule has 1 nitrogen and oxygen atoms in total. The number of halogens is 1. The van der Waals surface area contributed by atoms with Crippen molar-refractivity contribution < 1.29 is 5.11 Å². The van der Waals surface area contributed by atoms with E-state index in [1.807, 2.05) is 12.1 Å². The molecule has 0 bridgehead atoms. The topological polar surface area (TPSA) is 20.2 Å². The highest BCUT2D eigenvalue weighted by molar-refractivity contribution is 9.09. The summed E-state index contributed by atoms with van der Waals surface area (Å²) in [6.45, 7) is 6.72. The summed E-state index contributed by atoms with van der Waals surface area (Å²) in [5, 5.41) is 9.15. The number of rotatable bonds is 3. The zero-order valence-corrected chi connectivity index (χ0v) is 11.2. The Balaban J connectivity index is 2.47. The second-order valence-corrected chi connectivity index (χ2v) is 6.14. The molecule has 2 heteroatoms. The van der Waals surface area contributed by atoms with Gasteiger partial charge in [-0.15, -0.1) is 0 Å². The molecule has 0 fully saturated rings. The molecular formula is C13H19BrO. The van der Waals surface area contributed by atoms with Crippen LogP contribution in [0.4, 0.5) is 0 Å². The number of hydrogen-bond acceptors (Lipinski definition) is 1. The van der Waals surface area contributed by atoms with Gasteiger partial charge in [-0.05, 0) is 36.0 Å². The Morgan fingerprint density at radius 1 is 1.20 bits per heavy atom. The number of aryl methyl sites for hydroxylation is 1. The largest absolute Gasteiger partial charge is 0.508 e.